The molecule has 0 aliphatic carbocycles. The summed E-state index contributed by atoms with van der Waals surface area (Å²) in [5, 5.41) is 4.06. The summed E-state index contributed by atoms with van der Waals surface area (Å²) in [5.74, 6) is -0.715. The molecule has 0 radical (unpaired) electrons. The van der Waals surface area contributed by atoms with E-state index in [9.17, 15) is 14.4 Å². The first-order chi connectivity index (χ1) is 10.4. The molecule has 22 heavy (non-hydrogen) atoms. The van der Waals surface area contributed by atoms with Crippen LogP contribution in [0.5, 0.6) is 5.75 Å². The molecule has 1 aromatic rings. The molecule has 2 N–H and O–H groups in total. The van der Waals surface area contributed by atoms with Gasteiger partial charge in [-0.15, -0.1) is 0 Å². The molecule has 2 rings (SSSR count). The molecule has 1 aliphatic heterocycles. The van der Waals surface area contributed by atoms with E-state index >= 15 is 0 Å². The lowest BCUT2D eigenvalue weighted by Crippen LogP contribution is -2.51. The van der Waals surface area contributed by atoms with Crippen LogP contribution >= 0.6 is 45.2 Å². The predicted molar refractivity (Wildman–Crippen MR) is 97.2 cm³/mol. The van der Waals surface area contributed by atoms with Gasteiger partial charge in [0.15, 0.2) is 0 Å². The maximum Gasteiger partial charge on any atom is 0.328 e. The number of nitrogens with one attached hydrogen (secondary N) is 2. The van der Waals surface area contributed by atoms with Gasteiger partial charge < -0.3 is 4.74 Å². The van der Waals surface area contributed by atoms with E-state index in [-0.39, 0.29) is 5.57 Å². The van der Waals surface area contributed by atoms with Crippen LogP contribution in [0.4, 0.5) is 4.79 Å². The molecule has 6 nitrogen and oxygen atoms in total. The molecule has 0 spiro atoms. The number of hydrogen-bond donors (Lipinski definition) is 2. The van der Waals surface area contributed by atoms with E-state index in [1.165, 1.54) is 6.08 Å². The first-order valence-corrected chi connectivity index (χ1v) is 8.19. The number of amides is 4. The summed E-state index contributed by atoms with van der Waals surface area (Å²) in [5.41, 5.74) is 0.542. The van der Waals surface area contributed by atoms with Crippen molar-refractivity contribution in [2.45, 2.75) is 0 Å². The van der Waals surface area contributed by atoms with Crippen LogP contribution in [0.15, 0.2) is 30.4 Å². The summed E-state index contributed by atoms with van der Waals surface area (Å²) in [7, 11) is 0. The minimum Gasteiger partial charge on any atom is -0.487 e. The fraction of sp³-hybridized carbons (Fsp3) is 0.0714. The number of benzene rings is 1. The van der Waals surface area contributed by atoms with E-state index in [2.05, 4.69) is 51.8 Å². The molecule has 0 saturated carbocycles. The maximum atomic E-state index is 11.7. The third-order valence-electron chi connectivity index (χ3n) is 2.62. The number of halogens is 2. The van der Waals surface area contributed by atoms with E-state index in [0.29, 0.717) is 12.2 Å². The zero-order valence-electron chi connectivity index (χ0n) is 11.1. The SMILES string of the molecule is C=CCOc1c(I)cc(C=C2C(=O)NC(=O)NC2=O)cc1I. The summed E-state index contributed by atoms with van der Waals surface area (Å²) >= 11 is 4.22. The molecule has 1 fully saturated rings. The molecule has 114 valence electrons. The molecule has 1 saturated heterocycles. The molecule has 0 bridgehead atoms. The minimum atomic E-state index is -0.815. The fourth-order valence-electron chi connectivity index (χ4n) is 1.72. The summed E-state index contributed by atoms with van der Waals surface area (Å²) in [6.45, 7) is 3.99. The van der Waals surface area contributed by atoms with Gasteiger partial charge in [0.2, 0.25) is 0 Å². The average molecular weight is 524 g/mol. The Hall–Kier alpha value is -1.43. The highest BCUT2D eigenvalue weighted by atomic mass is 127. The Morgan fingerprint density at radius 3 is 2.14 bits per heavy atom. The van der Waals surface area contributed by atoms with Crippen molar-refractivity contribution in [3.05, 3.63) is 43.1 Å². The molecular formula is C14H10I2N2O4. The highest BCUT2D eigenvalue weighted by Crippen LogP contribution is 2.30. The van der Waals surface area contributed by atoms with Gasteiger partial charge in [0, 0.05) is 0 Å². The van der Waals surface area contributed by atoms with Gasteiger partial charge >= 0.3 is 6.03 Å². The third-order valence-corrected chi connectivity index (χ3v) is 4.22. The lowest BCUT2D eigenvalue weighted by Gasteiger charge is -2.14. The zero-order valence-corrected chi connectivity index (χ0v) is 15.4. The first-order valence-electron chi connectivity index (χ1n) is 6.03. The molecule has 0 atom stereocenters. The number of carbonyl (C=O) groups is 3. The second-order valence-corrected chi connectivity index (χ2v) is 6.53. The monoisotopic (exact) mass is 524 g/mol. The van der Waals surface area contributed by atoms with Crippen molar-refractivity contribution in [2.75, 3.05) is 6.61 Å². The molecule has 4 amide bonds. The smallest absolute Gasteiger partial charge is 0.328 e. The van der Waals surface area contributed by atoms with E-state index in [1.54, 1.807) is 18.2 Å². The van der Waals surface area contributed by atoms with E-state index in [1.807, 2.05) is 10.6 Å². The van der Waals surface area contributed by atoms with Crippen molar-refractivity contribution in [1.82, 2.24) is 10.6 Å². The van der Waals surface area contributed by atoms with Gasteiger partial charge in [0.25, 0.3) is 11.8 Å². The fourth-order valence-corrected chi connectivity index (χ4v) is 3.84. The van der Waals surface area contributed by atoms with E-state index in [0.717, 1.165) is 12.9 Å². The van der Waals surface area contributed by atoms with Crippen molar-refractivity contribution in [2.24, 2.45) is 0 Å². The molecule has 1 heterocycles. The molecule has 0 aromatic heterocycles. The lowest BCUT2D eigenvalue weighted by atomic mass is 10.1. The predicted octanol–water partition coefficient (Wildman–Crippen LogP) is 2.21. The van der Waals surface area contributed by atoms with Gasteiger partial charge in [-0.05, 0) is 69.0 Å². The van der Waals surface area contributed by atoms with Crippen molar-refractivity contribution in [3.63, 3.8) is 0 Å². The second kappa shape index (κ2) is 7.22. The van der Waals surface area contributed by atoms with Gasteiger partial charge in [-0.2, -0.15) is 0 Å². The zero-order chi connectivity index (χ0) is 16.3. The van der Waals surface area contributed by atoms with Crippen LogP contribution < -0.4 is 15.4 Å². The van der Waals surface area contributed by atoms with Crippen molar-refractivity contribution < 1.29 is 19.1 Å². The second-order valence-electron chi connectivity index (χ2n) is 4.21. The number of hydrogen-bond acceptors (Lipinski definition) is 4. The number of urea groups is 1. The Morgan fingerprint density at radius 2 is 1.64 bits per heavy atom. The average Bonchev–Trinajstić information content (AvgIpc) is 2.42. The highest BCUT2D eigenvalue weighted by molar-refractivity contribution is 14.1. The summed E-state index contributed by atoms with van der Waals surface area (Å²) in [6, 6.07) is 2.75. The van der Waals surface area contributed by atoms with Crippen LogP contribution in [0.2, 0.25) is 0 Å². The normalized spacial score (nSPS) is 14.3. The van der Waals surface area contributed by atoms with Gasteiger partial charge in [0.1, 0.15) is 17.9 Å². The minimum absolute atomic E-state index is 0.119. The van der Waals surface area contributed by atoms with Crippen LogP contribution in [0, 0.1) is 7.14 Å². The number of barbiturate groups is 1. The standard InChI is InChI=1S/C14H10I2N2O4/c1-2-3-22-11-9(15)5-7(6-10(11)16)4-8-12(19)17-14(21)18-13(8)20/h2,4-6H,1,3H2,(H2,17,18,19,20,21). The Kier molecular flexibility index (Phi) is 5.56. The van der Waals surface area contributed by atoms with Gasteiger partial charge in [-0.1, -0.05) is 12.7 Å². The topological polar surface area (TPSA) is 84.5 Å². The van der Waals surface area contributed by atoms with E-state index < -0.39 is 17.8 Å². The van der Waals surface area contributed by atoms with Crippen molar-refractivity contribution in [3.8, 4) is 5.75 Å². The summed E-state index contributed by atoms with van der Waals surface area (Å²) < 4.78 is 7.24. The summed E-state index contributed by atoms with van der Waals surface area (Å²) in [4.78, 5) is 34.4. The Bertz CT molecular complexity index is 668. The van der Waals surface area contributed by atoms with Crippen LogP contribution in [0.1, 0.15) is 5.56 Å². The molecular weight excluding hydrogens is 514 g/mol. The van der Waals surface area contributed by atoms with Gasteiger partial charge in [-0.3, -0.25) is 20.2 Å². The van der Waals surface area contributed by atoms with E-state index in [4.69, 9.17) is 4.74 Å². The Balaban J connectivity index is 2.35. The van der Waals surface area contributed by atoms with Crippen LogP contribution in [0.25, 0.3) is 6.08 Å². The van der Waals surface area contributed by atoms with Crippen LogP contribution in [-0.2, 0) is 9.59 Å². The number of carbonyl (C=O) groups excluding carboxylic acids is 3. The largest absolute Gasteiger partial charge is 0.487 e. The first kappa shape index (κ1) is 16.9. The summed E-state index contributed by atoms with van der Waals surface area (Å²) in [6.07, 6.45) is 3.08. The molecule has 1 aliphatic rings. The Labute approximate surface area is 153 Å². The maximum absolute atomic E-state index is 11.7. The highest BCUT2D eigenvalue weighted by Gasteiger charge is 2.27. The molecule has 8 heteroatoms. The van der Waals surface area contributed by atoms with Gasteiger partial charge in [0.05, 0.1) is 7.14 Å². The van der Waals surface area contributed by atoms with Crippen molar-refractivity contribution >= 4 is 69.1 Å². The lowest BCUT2D eigenvalue weighted by molar-refractivity contribution is -0.123. The third kappa shape index (κ3) is 3.85. The number of ether oxygens (including phenoxy) is 1. The van der Waals surface area contributed by atoms with Crippen molar-refractivity contribution in [1.29, 1.82) is 0 Å². The molecule has 1 aromatic carbocycles. The van der Waals surface area contributed by atoms with Gasteiger partial charge in [-0.25, -0.2) is 4.79 Å². The Morgan fingerprint density at radius 1 is 1.09 bits per heavy atom. The quantitative estimate of drug-likeness (QED) is 0.274. The number of rotatable bonds is 4. The number of imide groups is 2. The van der Waals surface area contributed by atoms with Crippen LogP contribution in [-0.4, -0.2) is 24.5 Å². The molecule has 0 unspecified atom stereocenters. The van der Waals surface area contributed by atoms with Crippen LogP contribution in [0.3, 0.4) is 0 Å².